The van der Waals surface area contributed by atoms with Gasteiger partial charge in [0, 0.05) is 27.3 Å². The monoisotopic (exact) mass is 297 g/mol. The van der Waals surface area contributed by atoms with E-state index in [0.29, 0.717) is 5.70 Å². The molecule has 0 radical (unpaired) electrons. The first-order valence-corrected chi connectivity index (χ1v) is 6.73. The fraction of sp³-hybridized carbons (Fsp3) is 0.364. The molecule has 1 heterocycles. The highest BCUT2D eigenvalue weighted by molar-refractivity contribution is 8.15. The molecule has 2 amide bonds. The number of carbonyl (C=O) groups excluding carboxylic acids is 2. The van der Waals surface area contributed by atoms with Crippen molar-refractivity contribution in [3.63, 3.8) is 0 Å². The van der Waals surface area contributed by atoms with Crippen LogP contribution in [0, 0.1) is 0 Å². The molecule has 1 rings (SSSR count). The molecule has 108 valence electrons. The lowest BCUT2D eigenvalue weighted by Crippen LogP contribution is -2.29. The topological polar surface area (TPSA) is 86.9 Å². The molecular weight excluding hydrogens is 282 g/mol. The highest BCUT2D eigenvalue weighted by atomic mass is 32.2. The maximum Gasteiger partial charge on any atom is 0.439 e. The number of amides is 2. The third-order valence-electron chi connectivity index (χ3n) is 2.08. The fourth-order valence-electron chi connectivity index (χ4n) is 1.06. The van der Waals surface area contributed by atoms with E-state index in [1.54, 1.807) is 20.4 Å². The van der Waals surface area contributed by atoms with E-state index in [4.69, 9.17) is 4.84 Å². The Balaban J connectivity index is 2.65. The van der Waals surface area contributed by atoms with Crippen LogP contribution < -0.4 is 0 Å². The Labute approximate surface area is 120 Å². The molecule has 0 saturated carbocycles. The number of oxime groups is 1. The lowest BCUT2D eigenvalue weighted by molar-refractivity contribution is -0.121. The predicted octanol–water partition coefficient (Wildman–Crippen LogP) is 0.774. The molecule has 20 heavy (non-hydrogen) atoms. The zero-order valence-corrected chi connectivity index (χ0v) is 12.4. The normalized spacial score (nSPS) is 15.6. The maximum atomic E-state index is 11.7. The second-order valence-electron chi connectivity index (χ2n) is 3.84. The summed E-state index contributed by atoms with van der Waals surface area (Å²) in [6, 6.07) is 0. The van der Waals surface area contributed by atoms with Crippen molar-refractivity contribution in [3.05, 3.63) is 11.9 Å². The van der Waals surface area contributed by atoms with Crippen LogP contribution >= 0.6 is 11.8 Å². The maximum absolute atomic E-state index is 11.7. The van der Waals surface area contributed by atoms with Gasteiger partial charge in [-0.25, -0.2) is 14.8 Å². The average Bonchev–Trinajstić information content (AvgIpc) is 2.91. The molecule has 0 N–H and O–H groups in total. The standard InChI is InChI=1S/C11H15N5O3S/c1-15(2)10(17)9(20-4)14-19-11(18)16(3)6-8-5-12-7-13-8/h5-7H,1-4H3/b8-6+,14-9+. The summed E-state index contributed by atoms with van der Waals surface area (Å²) in [5.41, 5.74) is 0.517. The predicted molar refractivity (Wildman–Crippen MR) is 79.0 cm³/mol. The summed E-state index contributed by atoms with van der Waals surface area (Å²) in [6.07, 6.45) is 5.24. The second-order valence-corrected chi connectivity index (χ2v) is 4.64. The van der Waals surface area contributed by atoms with Crippen LogP contribution in [0.25, 0.3) is 0 Å². The van der Waals surface area contributed by atoms with E-state index in [9.17, 15) is 9.59 Å². The van der Waals surface area contributed by atoms with Crippen molar-refractivity contribution in [1.29, 1.82) is 0 Å². The Hall–Kier alpha value is -2.16. The second kappa shape index (κ2) is 7.43. The molecule has 0 aliphatic carbocycles. The lowest BCUT2D eigenvalue weighted by atomic mass is 10.5. The van der Waals surface area contributed by atoms with Crippen molar-refractivity contribution in [2.45, 2.75) is 0 Å². The van der Waals surface area contributed by atoms with Crippen molar-refractivity contribution in [2.75, 3.05) is 27.4 Å². The molecule has 0 aromatic carbocycles. The van der Waals surface area contributed by atoms with Gasteiger partial charge in [-0.05, 0) is 6.26 Å². The smallest absolute Gasteiger partial charge is 0.343 e. The van der Waals surface area contributed by atoms with Gasteiger partial charge in [-0.1, -0.05) is 5.16 Å². The Morgan fingerprint density at radius 3 is 2.60 bits per heavy atom. The Bertz CT molecular complexity index is 496. The first-order valence-electron chi connectivity index (χ1n) is 5.50. The van der Waals surface area contributed by atoms with E-state index in [0.717, 1.165) is 16.7 Å². The Morgan fingerprint density at radius 1 is 1.40 bits per heavy atom. The molecular formula is C11H15N5O3S. The molecule has 0 aromatic heterocycles. The van der Waals surface area contributed by atoms with Crippen molar-refractivity contribution in [3.8, 4) is 0 Å². The zero-order valence-electron chi connectivity index (χ0n) is 11.6. The average molecular weight is 297 g/mol. The molecule has 0 fully saturated rings. The summed E-state index contributed by atoms with van der Waals surface area (Å²) in [5, 5.41) is 3.64. The van der Waals surface area contributed by atoms with Crippen LogP contribution in [0.3, 0.4) is 0 Å². The molecule has 1 aliphatic heterocycles. The van der Waals surface area contributed by atoms with Crippen LogP contribution in [0.5, 0.6) is 0 Å². The summed E-state index contributed by atoms with van der Waals surface area (Å²) < 4.78 is 0. The molecule has 0 atom stereocenters. The lowest BCUT2D eigenvalue weighted by Gasteiger charge is -2.12. The molecule has 9 heteroatoms. The summed E-state index contributed by atoms with van der Waals surface area (Å²) in [6.45, 7) is 0. The van der Waals surface area contributed by atoms with Crippen LogP contribution in [-0.2, 0) is 9.63 Å². The minimum atomic E-state index is -0.730. The summed E-state index contributed by atoms with van der Waals surface area (Å²) in [4.78, 5) is 38.2. The minimum absolute atomic E-state index is 0.0878. The van der Waals surface area contributed by atoms with Crippen LogP contribution in [0.2, 0.25) is 0 Å². The largest absolute Gasteiger partial charge is 0.439 e. The first kappa shape index (κ1) is 15.9. The number of hydrogen-bond donors (Lipinski definition) is 0. The summed E-state index contributed by atoms with van der Waals surface area (Å²) >= 11 is 1.10. The third kappa shape index (κ3) is 4.50. The zero-order chi connectivity index (χ0) is 15.1. The van der Waals surface area contributed by atoms with Gasteiger partial charge in [0.15, 0.2) is 0 Å². The van der Waals surface area contributed by atoms with Gasteiger partial charge in [0.1, 0.15) is 6.34 Å². The van der Waals surface area contributed by atoms with Crippen LogP contribution in [0.1, 0.15) is 0 Å². The van der Waals surface area contributed by atoms with Gasteiger partial charge < -0.3 is 4.90 Å². The highest BCUT2D eigenvalue weighted by Gasteiger charge is 2.15. The summed E-state index contributed by atoms with van der Waals surface area (Å²) in [7, 11) is 4.66. The molecule has 0 unspecified atom stereocenters. The SMILES string of the molecule is CS/C(=N/OC(=O)N(C)/C=C1\C=NC=N1)C(=O)N(C)C. The number of rotatable bonds is 2. The minimum Gasteiger partial charge on any atom is -0.343 e. The van der Waals surface area contributed by atoms with Crippen LogP contribution in [0.4, 0.5) is 4.79 Å². The number of allylic oxidation sites excluding steroid dienone is 1. The van der Waals surface area contributed by atoms with E-state index in [2.05, 4.69) is 15.1 Å². The highest BCUT2D eigenvalue weighted by Crippen LogP contribution is 2.05. The van der Waals surface area contributed by atoms with Gasteiger partial charge in [-0.15, -0.1) is 11.8 Å². The van der Waals surface area contributed by atoms with E-state index < -0.39 is 6.09 Å². The van der Waals surface area contributed by atoms with Gasteiger partial charge in [0.2, 0.25) is 5.04 Å². The quantitative estimate of drug-likeness (QED) is 0.326. The van der Waals surface area contributed by atoms with Crippen molar-refractivity contribution in [1.82, 2.24) is 9.80 Å². The van der Waals surface area contributed by atoms with Crippen molar-refractivity contribution >= 4 is 41.4 Å². The molecule has 8 nitrogen and oxygen atoms in total. The van der Waals surface area contributed by atoms with Crippen LogP contribution in [-0.4, -0.2) is 66.8 Å². The van der Waals surface area contributed by atoms with Gasteiger partial charge in [-0.3, -0.25) is 14.5 Å². The van der Waals surface area contributed by atoms with Gasteiger partial charge in [0.25, 0.3) is 5.91 Å². The number of carbonyl (C=O) groups is 2. The number of hydrogen-bond acceptors (Lipinski definition) is 7. The summed E-state index contributed by atoms with van der Waals surface area (Å²) in [5.74, 6) is -0.334. The van der Waals surface area contributed by atoms with Crippen LogP contribution in [0.15, 0.2) is 27.0 Å². The number of aliphatic imine (C=N–C) groups is 2. The van der Waals surface area contributed by atoms with E-state index >= 15 is 0 Å². The first-order chi connectivity index (χ1) is 9.45. The van der Waals surface area contributed by atoms with Gasteiger partial charge in [0.05, 0.1) is 11.9 Å². The fourth-order valence-corrected chi connectivity index (χ4v) is 1.53. The van der Waals surface area contributed by atoms with Gasteiger partial charge in [-0.2, -0.15) is 0 Å². The van der Waals surface area contributed by atoms with E-state index in [1.807, 2.05) is 0 Å². The molecule has 0 aromatic rings. The molecule has 0 bridgehead atoms. The Morgan fingerprint density at radius 2 is 2.10 bits per heavy atom. The molecule has 0 spiro atoms. The van der Waals surface area contributed by atoms with Crippen molar-refractivity contribution < 1.29 is 14.4 Å². The Kier molecular flexibility index (Phi) is 5.91. The third-order valence-corrected chi connectivity index (χ3v) is 2.72. The van der Waals surface area contributed by atoms with Crippen molar-refractivity contribution in [2.24, 2.45) is 15.1 Å². The van der Waals surface area contributed by atoms with E-state index in [-0.39, 0.29) is 11.0 Å². The molecule has 1 aliphatic rings. The number of nitrogens with zero attached hydrogens (tertiary/aromatic N) is 5. The number of thioether (sulfide) groups is 1. The molecule has 0 saturated heterocycles. The van der Waals surface area contributed by atoms with E-state index in [1.165, 1.54) is 30.7 Å². The van der Waals surface area contributed by atoms with Gasteiger partial charge >= 0.3 is 6.09 Å².